The SMILES string of the molecule is C[C@@H](OC(C)(C)C)[C@H](N)C(=O)NCC(=O)N(C)C. The molecular weight excluding hydrogens is 234 g/mol. The van der Waals surface area contributed by atoms with E-state index in [2.05, 4.69) is 5.32 Å². The standard InChI is InChI=1S/C12H25N3O3/c1-8(18-12(2,3)4)10(13)11(17)14-7-9(16)15(5)6/h8,10H,7,13H2,1-6H3,(H,14,17)/t8-,10+/m1/s1. The van der Waals surface area contributed by atoms with Gasteiger partial charge in [-0.05, 0) is 27.7 Å². The van der Waals surface area contributed by atoms with Crippen molar-refractivity contribution >= 4 is 11.8 Å². The van der Waals surface area contributed by atoms with Gasteiger partial charge >= 0.3 is 0 Å². The summed E-state index contributed by atoms with van der Waals surface area (Å²) >= 11 is 0. The molecule has 0 fully saturated rings. The molecule has 0 radical (unpaired) electrons. The Morgan fingerprint density at radius 3 is 2.22 bits per heavy atom. The molecule has 2 atom stereocenters. The molecule has 0 unspecified atom stereocenters. The molecule has 0 aromatic carbocycles. The molecule has 0 saturated heterocycles. The van der Waals surface area contributed by atoms with Crippen LogP contribution in [-0.4, -0.2) is 55.1 Å². The Labute approximate surface area is 109 Å². The molecule has 0 aliphatic rings. The van der Waals surface area contributed by atoms with Crippen LogP contribution in [-0.2, 0) is 14.3 Å². The van der Waals surface area contributed by atoms with Crippen molar-refractivity contribution in [2.24, 2.45) is 5.73 Å². The van der Waals surface area contributed by atoms with Gasteiger partial charge in [-0.3, -0.25) is 9.59 Å². The molecule has 0 spiro atoms. The van der Waals surface area contributed by atoms with E-state index in [9.17, 15) is 9.59 Å². The maximum absolute atomic E-state index is 11.7. The Bertz CT molecular complexity index is 297. The van der Waals surface area contributed by atoms with E-state index in [0.717, 1.165) is 0 Å². The van der Waals surface area contributed by atoms with E-state index < -0.39 is 12.1 Å². The fraction of sp³-hybridized carbons (Fsp3) is 0.833. The van der Waals surface area contributed by atoms with Gasteiger partial charge in [0.1, 0.15) is 6.04 Å². The van der Waals surface area contributed by atoms with Crippen molar-refractivity contribution in [2.45, 2.75) is 45.4 Å². The summed E-state index contributed by atoms with van der Waals surface area (Å²) < 4.78 is 5.59. The number of hydrogen-bond acceptors (Lipinski definition) is 4. The van der Waals surface area contributed by atoms with Crippen LogP contribution in [0.15, 0.2) is 0 Å². The van der Waals surface area contributed by atoms with Gasteiger partial charge in [-0.25, -0.2) is 0 Å². The molecule has 0 aliphatic carbocycles. The minimum absolute atomic E-state index is 0.0538. The van der Waals surface area contributed by atoms with Crippen LogP contribution in [0.25, 0.3) is 0 Å². The molecule has 0 heterocycles. The highest BCUT2D eigenvalue weighted by Gasteiger charge is 2.26. The van der Waals surface area contributed by atoms with Gasteiger partial charge in [0.15, 0.2) is 0 Å². The number of amides is 2. The summed E-state index contributed by atoms with van der Waals surface area (Å²) in [5.41, 5.74) is 5.40. The normalized spacial score (nSPS) is 14.8. The van der Waals surface area contributed by atoms with Crippen LogP contribution in [0, 0.1) is 0 Å². The van der Waals surface area contributed by atoms with Crippen molar-refractivity contribution in [3.63, 3.8) is 0 Å². The first-order valence-electron chi connectivity index (χ1n) is 5.96. The molecule has 3 N–H and O–H groups in total. The molecule has 18 heavy (non-hydrogen) atoms. The number of rotatable bonds is 5. The predicted octanol–water partition coefficient (Wildman–Crippen LogP) is -0.278. The summed E-state index contributed by atoms with van der Waals surface area (Å²) in [6.45, 7) is 7.36. The maximum Gasteiger partial charge on any atom is 0.241 e. The largest absolute Gasteiger partial charge is 0.371 e. The lowest BCUT2D eigenvalue weighted by molar-refractivity contribution is -0.134. The zero-order valence-electron chi connectivity index (χ0n) is 12.1. The highest BCUT2D eigenvalue weighted by atomic mass is 16.5. The van der Waals surface area contributed by atoms with Crippen molar-refractivity contribution < 1.29 is 14.3 Å². The number of hydrogen-bond donors (Lipinski definition) is 2. The first-order valence-corrected chi connectivity index (χ1v) is 5.96. The quantitative estimate of drug-likeness (QED) is 0.711. The third-order valence-electron chi connectivity index (χ3n) is 2.26. The number of nitrogens with zero attached hydrogens (tertiary/aromatic N) is 1. The topological polar surface area (TPSA) is 84.7 Å². The smallest absolute Gasteiger partial charge is 0.241 e. The molecule has 0 rings (SSSR count). The third kappa shape index (κ3) is 6.56. The molecular formula is C12H25N3O3. The van der Waals surface area contributed by atoms with Crippen LogP contribution >= 0.6 is 0 Å². The maximum atomic E-state index is 11.7. The lowest BCUT2D eigenvalue weighted by Gasteiger charge is -2.28. The van der Waals surface area contributed by atoms with E-state index in [1.54, 1.807) is 21.0 Å². The van der Waals surface area contributed by atoms with Crippen molar-refractivity contribution in [1.82, 2.24) is 10.2 Å². The van der Waals surface area contributed by atoms with Gasteiger partial charge in [0.2, 0.25) is 11.8 Å². The Kier molecular flexibility index (Phi) is 6.28. The zero-order chi connectivity index (χ0) is 14.5. The molecule has 0 saturated carbocycles. The number of carbonyl (C=O) groups is 2. The predicted molar refractivity (Wildman–Crippen MR) is 70.0 cm³/mol. The summed E-state index contributed by atoms with van der Waals surface area (Å²) in [5.74, 6) is -0.568. The average molecular weight is 259 g/mol. The second-order valence-corrected chi connectivity index (χ2v) is 5.47. The summed E-state index contributed by atoms with van der Waals surface area (Å²) in [5, 5.41) is 2.50. The molecule has 0 bridgehead atoms. The molecule has 2 amide bonds. The zero-order valence-corrected chi connectivity index (χ0v) is 12.1. The van der Waals surface area contributed by atoms with Crippen molar-refractivity contribution in [3.8, 4) is 0 Å². The third-order valence-corrected chi connectivity index (χ3v) is 2.26. The minimum atomic E-state index is -0.792. The second-order valence-electron chi connectivity index (χ2n) is 5.47. The van der Waals surface area contributed by atoms with Gasteiger partial charge in [-0.1, -0.05) is 0 Å². The number of nitrogens with one attached hydrogen (secondary N) is 1. The van der Waals surface area contributed by atoms with Crippen molar-refractivity contribution in [2.75, 3.05) is 20.6 Å². The Morgan fingerprint density at radius 2 is 1.83 bits per heavy atom. The second kappa shape index (κ2) is 6.70. The molecule has 0 aliphatic heterocycles. The van der Waals surface area contributed by atoms with Crippen LogP contribution in [0.1, 0.15) is 27.7 Å². The fourth-order valence-corrected chi connectivity index (χ4v) is 1.28. The van der Waals surface area contributed by atoms with E-state index in [-0.39, 0.29) is 24.0 Å². The summed E-state index contributed by atoms with van der Waals surface area (Å²) in [6.07, 6.45) is -0.417. The first kappa shape index (κ1) is 16.9. The van der Waals surface area contributed by atoms with Crippen molar-refractivity contribution in [3.05, 3.63) is 0 Å². The van der Waals surface area contributed by atoms with E-state index >= 15 is 0 Å². The van der Waals surface area contributed by atoms with Crippen LogP contribution in [0.2, 0.25) is 0 Å². The van der Waals surface area contributed by atoms with Crippen LogP contribution < -0.4 is 11.1 Å². The van der Waals surface area contributed by atoms with E-state index in [1.807, 2.05) is 20.8 Å². The van der Waals surface area contributed by atoms with Crippen LogP contribution in [0.4, 0.5) is 0 Å². The lowest BCUT2D eigenvalue weighted by Crippen LogP contribution is -2.51. The highest BCUT2D eigenvalue weighted by molar-refractivity contribution is 5.87. The Hall–Kier alpha value is -1.14. The minimum Gasteiger partial charge on any atom is -0.371 e. The van der Waals surface area contributed by atoms with Gasteiger partial charge in [-0.15, -0.1) is 0 Å². The summed E-state index contributed by atoms with van der Waals surface area (Å²) in [7, 11) is 3.25. The van der Waals surface area contributed by atoms with Gasteiger partial charge in [0, 0.05) is 14.1 Å². The highest BCUT2D eigenvalue weighted by Crippen LogP contribution is 2.12. The van der Waals surface area contributed by atoms with Crippen LogP contribution in [0.3, 0.4) is 0 Å². The number of carbonyl (C=O) groups excluding carboxylic acids is 2. The van der Waals surface area contributed by atoms with E-state index in [0.29, 0.717) is 0 Å². The van der Waals surface area contributed by atoms with Gasteiger partial charge in [0.05, 0.1) is 18.2 Å². The number of likely N-dealkylation sites (N-methyl/N-ethyl adjacent to an activating group) is 1. The van der Waals surface area contributed by atoms with E-state index in [4.69, 9.17) is 10.5 Å². The van der Waals surface area contributed by atoms with Gasteiger partial charge < -0.3 is 20.7 Å². The summed E-state index contributed by atoms with van der Waals surface area (Å²) in [4.78, 5) is 24.4. The van der Waals surface area contributed by atoms with Gasteiger partial charge in [-0.2, -0.15) is 0 Å². The monoisotopic (exact) mass is 259 g/mol. The lowest BCUT2D eigenvalue weighted by atomic mass is 10.1. The Balaban J connectivity index is 4.22. The molecule has 6 heteroatoms. The Morgan fingerprint density at radius 1 is 1.33 bits per heavy atom. The molecule has 0 aromatic rings. The van der Waals surface area contributed by atoms with Crippen LogP contribution in [0.5, 0.6) is 0 Å². The molecule has 6 nitrogen and oxygen atoms in total. The molecule has 106 valence electrons. The first-order chi connectivity index (χ1) is 8.04. The number of nitrogens with two attached hydrogens (primary N) is 1. The summed E-state index contributed by atoms with van der Waals surface area (Å²) in [6, 6.07) is -0.792. The average Bonchev–Trinajstić information content (AvgIpc) is 2.21. The number of ether oxygens (including phenoxy) is 1. The van der Waals surface area contributed by atoms with E-state index in [1.165, 1.54) is 4.90 Å². The molecule has 0 aromatic heterocycles. The van der Waals surface area contributed by atoms with Gasteiger partial charge in [0.25, 0.3) is 0 Å². The fourth-order valence-electron chi connectivity index (χ4n) is 1.28. The van der Waals surface area contributed by atoms with Crippen molar-refractivity contribution in [1.29, 1.82) is 0 Å².